The maximum Gasteiger partial charge on any atom is 0.256 e. The van der Waals surface area contributed by atoms with Gasteiger partial charge in [0.15, 0.2) is 5.82 Å². The Kier molecular flexibility index (Phi) is 5.11. The molecule has 2 amide bonds. The third-order valence-corrected chi connectivity index (χ3v) is 4.66. The highest BCUT2D eigenvalue weighted by Gasteiger charge is 2.27. The number of hydrogen-bond acceptors (Lipinski definition) is 3. The molecule has 0 atom stereocenters. The van der Waals surface area contributed by atoms with Crippen molar-refractivity contribution in [1.29, 1.82) is 0 Å². The fourth-order valence-electron chi connectivity index (χ4n) is 3.05. The van der Waals surface area contributed by atoms with Crippen molar-refractivity contribution in [2.45, 2.75) is 39.2 Å². The minimum Gasteiger partial charge on any atom is -0.341 e. The summed E-state index contributed by atoms with van der Waals surface area (Å²) in [5.74, 6) is 1.08. The van der Waals surface area contributed by atoms with Gasteiger partial charge in [0.2, 0.25) is 5.91 Å². The van der Waals surface area contributed by atoms with Crippen LogP contribution in [0.1, 0.15) is 54.2 Å². The van der Waals surface area contributed by atoms with Gasteiger partial charge in [-0.15, -0.1) is 0 Å². The van der Waals surface area contributed by atoms with E-state index < -0.39 is 0 Å². The molecule has 1 aliphatic rings. The summed E-state index contributed by atoms with van der Waals surface area (Å²) in [5.41, 5.74) is 2.74. The highest BCUT2D eigenvalue weighted by atomic mass is 16.2. The first kappa shape index (κ1) is 18.2. The maximum absolute atomic E-state index is 12.4. The number of nitrogens with one attached hydrogen (secondary N) is 1. The van der Waals surface area contributed by atoms with Gasteiger partial charge in [-0.05, 0) is 30.5 Å². The predicted octanol–water partition coefficient (Wildman–Crippen LogP) is 3.16. The van der Waals surface area contributed by atoms with Crippen LogP contribution in [0.25, 0.3) is 0 Å². The van der Waals surface area contributed by atoms with Crippen LogP contribution >= 0.6 is 0 Å². The lowest BCUT2D eigenvalue weighted by atomic mass is 10.1. The molecule has 0 aliphatic heterocycles. The summed E-state index contributed by atoms with van der Waals surface area (Å²) in [6, 6.07) is 9.28. The van der Waals surface area contributed by atoms with Crippen molar-refractivity contribution < 1.29 is 9.59 Å². The number of aromatic nitrogens is 2. The molecule has 0 radical (unpaired) electrons. The molecule has 0 bridgehead atoms. The number of amides is 2. The molecule has 1 N–H and O–H groups in total. The summed E-state index contributed by atoms with van der Waals surface area (Å²) in [5, 5.41) is 7.23. The molecule has 3 rings (SSSR count). The number of carbonyl (C=O) groups is 2. The quantitative estimate of drug-likeness (QED) is 0.866. The summed E-state index contributed by atoms with van der Waals surface area (Å²) in [6.45, 7) is 4.31. The molecule has 6 heteroatoms. The van der Waals surface area contributed by atoms with E-state index >= 15 is 0 Å². The molecule has 6 nitrogen and oxygen atoms in total. The van der Waals surface area contributed by atoms with Crippen LogP contribution in [0.4, 0.5) is 5.82 Å². The highest BCUT2D eigenvalue weighted by Crippen LogP contribution is 2.40. The lowest BCUT2D eigenvalue weighted by Gasteiger charge is -2.19. The smallest absolute Gasteiger partial charge is 0.256 e. The second-order valence-corrected chi connectivity index (χ2v) is 7.35. The van der Waals surface area contributed by atoms with Crippen molar-refractivity contribution in [2.75, 3.05) is 12.4 Å². The van der Waals surface area contributed by atoms with Crippen LogP contribution in [-0.4, -0.2) is 33.5 Å². The molecule has 138 valence electrons. The van der Waals surface area contributed by atoms with E-state index in [2.05, 4.69) is 10.4 Å². The number of aryl methyl sites for hydroxylation is 1. The number of anilines is 1. The fraction of sp³-hybridized carbons (Fsp3) is 0.450. The highest BCUT2D eigenvalue weighted by molar-refractivity contribution is 6.03. The first-order valence-electron chi connectivity index (χ1n) is 9.04. The van der Waals surface area contributed by atoms with Crippen LogP contribution in [0.2, 0.25) is 0 Å². The van der Waals surface area contributed by atoms with Gasteiger partial charge in [0.05, 0.1) is 0 Å². The van der Waals surface area contributed by atoms with Gasteiger partial charge >= 0.3 is 0 Å². The van der Waals surface area contributed by atoms with E-state index in [1.165, 1.54) is 18.5 Å². The predicted molar refractivity (Wildman–Crippen MR) is 101 cm³/mol. The Hall–Kier alpha value is -2.63. The zero-order valence-corrected chi connectivity index (χ0v) is 15.8. The topological polar surface area (TPSA) is 67.2 Å². The Morgan fingerprint density at radius 2 is 1.92 bits per heavy atom. The van der Waals surface area contributed by atoms with Gasteiger partial charge in [0.1, 0.15) is 0 Å². The first-order valence-corrected chi connectivity index (χ1v) is 9.04. The Bertz CT molecular complexity index is 804. The summed E-state index contributed by atoms with van der Waals surface area (Å²) >= 11 is 0. The van der Waals surface area contributed by atoms with E-state index in [-0.39, 0.29) is 17.7 Å². The van der Waals surface area contributed by atoms with Crippen molar-refractivity contribution in [2.24, 2.45) is 13.0 Å². The van der Waals surface area contributed by atoms with Gasteiger partial charge in [0, 0.05) is 49.8 Å². The van der Waals surface area contributed by atoms with Crippen LogP contribution in [0.15, 0.2) is 30.3 Å². The first-order chi connectivity index (χ1) is 12.3. The van der Waals surface area contributed by atoms with Crippen molar-refractivity contribution in [1.82, 2.24) is 14.7 Å². The molecule has 1 aliphatic carbocycles. The van der Waals surface area contributed by atoms with E-state index in [1.54, 1.807) is 24.1 Å². The summed E-state index contributed by atoms with van der Waals surface area (Å²) in [7, 11) is 3.70. The van der Waals surface area contributed by atoms with Crippen LogP contribution < -0.4 is 5.32 Å². The second-order valence-electron chi connectivity index (χ2n) is 7.35. The minimum atomic E-state index is -0.177. The fourth-order valence-corrected chi connectivity index (χ4v) is 3.05. The van der Waals surface area contributed by atoms with E-state index in [0.717, 1.165) is 5.56 Å². The second kappa shape index (κ2) is 7.32. The van der Waals surface area contributed by atoms with Gasteiger partial charge in [-0.3, -0.25) is 14.3 Å². The van der Waals surface area contributed by atoms with Crippen molar-refractivity contribution in [3.8, 4) is 0 Å². The Morgan fingerprint density at radius 1 is 1.27 bits per heavy atom. The van der Waals surface area contributed by atoms with E-state index in [4.69, 9.17) is 0 Å². The lowest BCUT2D eigenvalue weighted by molar-refractivity contribution is -0.133. The van der Waals surface area contributed by atoms with Crippen molar-refractivity contribution in [3.63, 3.8) is 0 Å². The molecule has 1 aromatic heterocycles. The largest absolute Gasteiger partial charge is 0.341 e. The third kappa shape index (κ3) is 4.12. The monoisotopic (exact) mass is 354 g/mol. The normalized spacial score (nSPS) is 13.7. The standard InChI is InChI=1S/C20H26N4O2/c1-13(2)20(26)23(3)12-14-5-7-16(8-6-14)19(25)21-18-11-17(15-9-10-15)24(4)22-18/h5-8,11,13,15H,9-10,12H2,1-4H3,(H,21,22,25). The minimum absolute atomic E-state index is 0.0241. The van der Waals surface area contributed by atoms with Crippen LogP contribution in [0.5, 0.6) is 0 Å². The SMILES string of the molecule is CC(C)C(=O)N(C)Cc1ccc(C(=O)Nc2cc(C3CC3)n(C)n2)cc1. The molecular formula is C20H26N4O2. The molecule has 1 heterocycles. The van der Waals surface area contributed by atoms with Gasteiger partial charge in [0.25, 0.3) is 5.91 Å². The molecule has 0 spiro atoms. The van der Waals surface area contributed by atoms with Gasteiger partial charge in [-0.2, -0.15) is 5.10 Å². The molecular weight excluding hydrogens is 328 g/mol. The van der Waals surface area contributed by atoms with Crippen LogP contribution in [-0.2, 0) is 18.4 Å². The molecule has 0 unspecified atom stereocenters. The van der Waals surface area contributed by atoms with E-state index in [1.807, 2.05) is 43.8 Å². The van der Waals surface area contributed by atoms with Crippen LogP contribution in [0, 0.1) is 5.92 Å². The molecule has 2 aromatic rings. The van der Waals surface area contributed by atoms with E-state index in [9.17, 15) is 9.59 Å². The maximum atomic E-state index is 12.4. The number of carbonyl (C=O) groups excluding carboxylic acids is 2. The zero-order chi connectivity index (χ0) is 18.8. The molecule has 26 heavy (non-hydrogen) atoms. The van der Waals surface area contributed by atoms with Crippen molar-refractivity contribution >= 4 is 17.6 Å². The zero-order valence-electron chi connectivity index (χ0n) is 15.8. The van der Waals surface area contributed by atoms with Crippen LogP contribution in [0.3, 0.4) is 0 Å². The Labute approximate surface area is 154 Å². The van der Waals surface area contributed by atoms with Crippen molar-refractivity contribution in [3.05, 3.63) is 47.2 Å². The van der Waals surface area contributed by atoms with Gasteiger partial charge < -0.3 is 10.2 Å². The lowest BCUT2D eigenvalue weighted by Crippen LogP contribution is -2.29. The summed E-state index contributed by atoms with van der Waals surface area (Å²) < 4.78 is 1.85. The molecule has 1 saturated carbocycles. The number of rotatable bonds is 6. The third-order valence-electron chi connectivity index (χ3n) is 4.66. The average molecular weight is 354 g/mol. The Balaban J connectivity index is 1.61. The average Bonchev–Trinajstić information content (AvgIpc) is 3.38. The summed E-state index contributed by atoms with van der Waals surface area (Å²) in [4.78, 5) is 26.1. The van der Waals surface area contributed by atoms with Gasteiger partial charge in [-0.25, -0.2) is 0 Å². The number of nitrogens with zero attached hydrogens (tertiary/aromatic N) is 3. The number of benzene rings is 1. The molecule has 1 aromatic carbocycles. The van der Waals surface area contributed by atoms with E-state index in [0.29, 0.717) is 23.8 Å². The molecule has 0 saturated heterocycles. The summed E-state index contributed by atoms with van der Waals surface area (Å²) in [6.07, 6.45) is 2.39. The number of hydrogen-bond donors (Lipinski definition) is 1. The Morgan fingerprint density at radius 3 is 2.50 bits per heavy atom. The van der Waals surface area contributed by atoms with Gasteiger partial charge in [-0.1, -0.05) is 26.0 Å². The molecule has 1 fully saturated rings.